The second-order valence-electron chi connectivity index (χ2n) is 22.6. The van der Waals surface area contributed by atoms with Crippen LogP contribution in [0.2, 0.25) is 0 Å². The first-order chi connectivity index (χ1) is 44.2. The zero-order chi connectivity index (χ0) is 66.7. The molecule has 0 bridgehead atoms. The van der Waals surface area contributed by atoms with Crippen molar-refractivity contribution in [1.29, 1.82) is 0 Å². The van der Waals surface area contributed by atoms with Crippen LogP contribution in [0.25, 0.3) is 0 Å². The highest BCUT2D eigenvalue weighted by molar-refractivity contribution is 7.47. The summed E-state index contributed by atoms with van der Waals surface area (Å²) in [6.45, 7) is 2.34. The maximum absolute atomic E-state index is 12.9. The van der Waals surface area contributed by atoms with Gasteiger partial charge in [0.2, 0.25) is 0 Å². The Morgan fingerprint density at radius 1 is 0.319 bits per heavy atom. The zero-order valence-corrected chi connectivity index (χ0v) is 58.0. The number of hydrogen-bond acceptors (Lipinski definition) is 14. The maximum atomic E-state index is 12.9. The zero-order valence-electron chi connectivity index (χ0n) is 56.2. The van der Waals surface area contributed by atoms with Gasteiger partial charge in [0, 0.05) is 19.3 Å². The van der Waals surface area contributed by atoms with E-state index in [2.05, 4.69) is 154 Å². The summed E-state index contributed by atoms with van der Waals surface area (Å²) in [6, 6.07) is 0. The lowest BCUT2D eigenvalue weighted by Crippen LogP contribution is -2.30. The molecule has 0 aromatic rings. The van der Waals surface area contributed by atoms with Gasteiger partial charge in [-0.1, -0.05) is 231 Å². The van der Waals surface area contributed by atoms with Crippen LogP contribution in [0.1, 0.15) is 252 Å². The Morgan fingerprint density at radius 2 is 0.582 bits per heavy atom. The third-order valence-electron chi connectivity index (χ3n) is 13.8. The lowest BCUT2D eigenvalue weighted by atomic mass is 10.1. The summed E-state index contributed by atoms with van der Waals surface area (Å²) in [5.41, 5.74) is 0. The summed E-state index contributed by atoms with van der Waals surface area (Å²) in [5.74, 6) is -1.63. The van der Waals surface area contributed by atoms with Crippen LogP contribution < -0.4 is 0 Å². The van der Waals surface area contributed by atoms with Crippen LogP contribution in [-0.2, 0) is 55.8 Å². The summed E-state index contributed by atoms with van der Waals surface area (Å²) < 4.78 is 60.9. The van der Waals surface area contributed by atoms with E-state index in [1.165, 1.54) is 19.3 Å². The van der Waals surface area contributed by atoms with Crippen molar-refractivity contribution in [3.05, 3.63) is 134 Å². The first-order valence-corrected chi connectivity index (χ1v) is 37.5. The standard InChI is InChI=1S/C73H122O16P2/c1-4-7-10-13-16-19-22-25-28-30-32-33-35-37-39-41-44-47-50-53-56-59-71(76)83-62-68(74)63-85-90(79,80)86-64-69(75)65-87-91(81,82)88-67-70(89-73(78)61-58-55-52-49-46-43-38-27-24-21-18-15-12-9-6-3)66-84-72(77)60-57-54-51-48-45-42-40-36-34-31-29-26-23-20-17-14-11-8-5-2/h7-8,10-11,16-21,25-29,32-34,36-39,68-70,74-75H,4-6,9,12-15,22-24,30-31,35,40-67H2,1-3H3,(H,79,80)(H,81,82)/b10-7-,11-8-,19-16-,20-17-,21-18-,28-25-,29-26-,33-32-,36-34-,38-27-,39-37-. The molecule has 0 fully saturated rings. The highest BCUT2D eigenvalue weighted by Gasteiger charge is 2.29. The van der Waals surface area contributed by atoms with E-state index in [9.17, 15) is 43.5 Å². The summed E-state index contributed by atoms with van der Waals surface area (Å²) in [7, 11) is -9.80. The van der Waals surface area contributed by atoms with E-state index in [0.717, 1.165) is 173 Å². The van der Waals surface area contributed by atoms with Gasteiger partial charge < -0.3 is 34.2 Å². The number of rotatable bonds is 64. The average molecular weight is 1320 g/mol. The van der Waals surface area contributed by atoms with Crippen molar-refractivity contribution in [1.82, 2.24) is 0 Å². The lowest BCUT2D eigenvalue weighted by molar-refractivity contribution is -0.161. The summed E-state index contributed by atoms with van der Waals surface area (Å²) in [4.78, 5) is 58.4. The van der Waals surface area contributed by atoms with Crippen LogP contribution in [0.3, 0.4) is 0 Å². The third kappa shape index (κ3) is 66.9. The fourth-order valence-electron chi connectivity index (χ4n) is 8.62. The van der Waals surface area contributed by atoms with E-state index in [0.29, 0.717) is 19.3 Å². The minimum atomic E-state index is -4.94. The Bertz CT molecular complexity index is 2190. The molecule has 0 aliphatic heterocycles. The molecular weight excluding hydrogens is 1190 g/mol. The van der Waals surface area contributed by atoms with E-state index in [1.54, 1.807) is 0 Å². The van der Waals surface area contributed by atoms with Crippen molar-refractivity contribution >= 4 is 33.6 Å². The van der Waals surface area contributed by atoms with Gasteiger partial charge in [-0.25, -0.2) is 9.13 Å². The fraction of sp³-hybridized carbons (Fsp3) is 0.658. The molecule has 0 saturated carbocycles. The van der Waals surface area contributed by atoms with Gasteiger partial charge in [-0.15, -0.1) is 0 Å². The molecule has 0 rings (SSSR count). The molecule has 0 aliphatic carbocycles. The molecule has 18 heteroatoms. The first kappa shape index (κ1) is 86.7. The molecule has 0 aliphatic rings. The molecule has 0 aromatic heterocycles. The van der Waals surface area contributed by atoms with Crippen molar-refractivity contribution in [2.45, 2.75) is 270 Å². The topological polar surface area (TPSA) is 231 Å². The lowest BCUT2D eigenvalue weighted by Gasteiger charge is -2.21. The molecule has 16 nitrogen and oxygen atoms in total. The number of unbranched alkanes of at least 4 members (excludes halogenated alkanes) is 19. The van der Waals surface area contributed by atoms with E-state index >= 15 is 0 Å². The quantitative estimate of drug-likeness (QED) is 0.0146. The molecule has 0 aromatic carbocycles. The van der Waals surface area contributed by atoms with Gasteiger partial charge in [0.1, 0.15) is 25.4 Å². The van der Waals surface area contributed by atoms with Crippen LogP contribution in [-0.4, -0.2) is 95.9 Å². The third-order valence-corrected chi connectivity index (χ3v) is 15.7. The van der Waals surface area contributed by atoms with Crippen molar-refractivity contribution in [2.24, 2.45) is 0 Å². The molecule has 5 atom stereocenters. The number of esters is 3. The normalized spacial score (nSPS) is 15.0. The number of carbonyl (C=O) groups is 3. The van der Waals surface area contributed by atoms with E-state index < -0.39 is 91.5 Å². The Kier molecular flexibility index (Phi) is 62.6. The predicted molar refractivity (Wildman–Crippen MR) is 371 cm³/mol. The maximum Gasteiger partial charge on any atom is 0.472 e. The Labute approximate surface area is 550 Å². The van der Waals surface area contributed by atoms with Crippen LogP contribution >= 0.6 is 15.6 Å². The van der Waals surface area contributed by atoms with E-state index in [-0.39, 0.29) is 19.3 Å². The molecule has 5 unspecified atom stereocenters. The SMILES string of the molecule is CC/C=C\C/C=C\C/C=C\C/C=C\C/C=C\CCCCCCCC(=O)OCC(O)COP(=O)(O)OCC(O)COP(=O)(O)OCC(COC(=O)CCCCCCCC/C=C\C/C=C\C/C=C\C/C=C\CC)OC(=O)CCCCCCC/C=C\C/C=C\CCCCC. The van der Waals surface area contributed by atoms with Crippen LogP contribution in [0.4, 0.5) is 0 Å². The number of phosphoric acid groups is 2. The molecule has 4 N–H and O–H groups in total. The summed E-state index contributed by atoms with van der Waals surface area (Å²) in [6.07, 6.45) is 76.4. The second kappa shape index (κ2) is 65.7. The smallest absolute Gasteiger partial charge is 0.463 e. The van der Waals surface area contributed by atoms with Gasteiger partial charge in [-0.3, -0.25) is 32.5 Å². The van der Waals surface area contributed by atoms with Gasteiger partial charge in [0.15, 0.2) is 6.10 Å². The minimum Gasteiger partial charge on any atom is -0.463 e. The molecule has 520 valence electrons. The predicted octanol–water partition coefficient (Wildman–Crippen LogP) is 19.2. The molecular formula is C73H122O16P2. The van der Waals surface area contributed by atoms with Gasteiger partial charge >= 0.3 is 33.6 Å². The van der Waals surface area contributed by atoms with Gasteiger partial charge in [0.05, 0.1) is 26.4 Å². The van der Waals surface area contributed by atoms with Crippen LogP contribution in [0.15, 0.2) is 134 Å². The largest absolute Gasteiger partial charge is 0.472 e. The number of aliphatic hydroxyl groups is 2. The number of carbonyl (C=O) groups excluding carboxylic acids is 3. The summed E-state index contributed by atoms with van der Waals surface area (Å²) >= 11 is 0. The monoisotopic (exact) mass is 1320 g/mol. The highest BCUT2D eigenvalue weighted by atomic mass is 31.2. The number of aliphatic hydroxyl groups excluding tert-OH is 2. The molecule has 0 spiro atoms. The number of allylic oxidation sites excluding steroid dienone is 22. The Balaban J connectivity index is 4.71. The van der Waals surface area contributed by atoms with Gasteiger partial charge in [-0.2, -0.15) is 0 Å². The number of ether oxygens (including phenoxy) is 3. The molecule has 0 amide bonds. The van der Waals surface area contributed by atoms with Crippen molar-refractivity contribution in [2.75, 3.05) is 39.6 Å². The average Bonchev–Trinajstić information content (AvgIpc) is 3.09. The first-order valence-electron chi connectivity index (χ1n) is 34.5. The minimum absolute atomic E-state index is 0.0810. The molecule has 0 heterocycles. The fourth-order valence-corrected chi connectivity index (χ4v) is 10.2. The molecule has 91 heavy (non-hydrogen) atoms. The van der Waals surface area contributed by atoms with Crippen molar-refractivity contribution in [3.63, 3.8) is 0 Å². The van der Waals surface area contributed by atoms with Crippen LogP contribution in [0, 0.1) is 0 Å². The number of phosphoric ester groups is 2. The molecule has 0 saturated heterocycles. The van der Waals surface area contributed by atoms with E-state index in [4.69, 9.17) is 32.3 Å². The van der Waals surface area contributed by atoms with Crippen molar-refractivity contribution in [3.8, 4) is 0 Å². The van der Waals surface area contributed by atoms with Gasteiger partial charge in [-0.05, 0) is 135 Å². The highest BCUT2D eigenvalue weighted by Crippen LogP contribution is 2.45. The number of hydrogen-bond donors (Lipinski definition) is 4. The Hall–Kier alpha value is -4.31. The van der Waals surface area contributed by atoms with E-state index in [1.807, 2.05) is 0 Å². The Morgan fingerprint density at radius 3 is 0.923 bits per heavy atom. The molecule has 0 radical (unpaired) electrons. The summed E-state index contributed by atoms with van der Waals surface area (Å²) in [5, 5.41) is 20.6. The van der Waals surface area contributed by atoms with Gasteiger partial charge in [0.25, 0.3) is 0 Å². The van der Waals surface area contributed by atoms with Crippen molar-refractivity contribution < 1.29 is 75.8 Å². The van der Waals surface area contributed by atoms with Crippen LogP contribution in [0.5, 0.6) is 0 Å². The second-order valence-corrected chi connectivity index (χ2v) is 25.5.